The van der Waals surface area contributed by atoms with Gasteiger partial charge in [-0.25, -0.2) is 9.13 Å². The highest BCUT2D eigenvalue weighted by Gasteiger charge is 2.30. The second-order valence-corrected chi connectivity index (χ2v) is 28.5. The summed E-state index contributed by atoms with van der Waals surface area (Å²) in [7, 11) is -9.92. The molecule has 0 aromatic heterocycles. The van der Waals surface area contributed by atoms with Crippen LogP contribution in [0.2, 0.25) is 0 Å². The average Bonchev–Trinajstić information content (AvgIpc) is 1.24. The Morgan fingerprint density at radius 3 is 0.862 bits per heavy atom. The Labute approximate surface area is 572 Å². The Bertz CT molecular complexity index is 1980. The minimum absolute atomic E-state index is 0.0859. The molecule has 0 aromatic rings. The molecule has 17 nitrogen and oxygen atoms in total. The van der Waals surface area contributed by atoms with Crippen LogP contribution in [0.3, 0.4) is 0 Å². The van der Waals surface area contributed by atoms with Crippen LogP contribution in [-0.4, -0.2) is 96.7 Å². The molecule has 0 aliphatic carbocycles. The SMILES string of the molecule is CCCC/C=C\CCCCCCCC(=O)OC(COC(=O)CCCCCCCC/C=C\C/C=C\C/C=C\CCCCC)COP(=O)(O)OCC(O)COP(=O)(O)OCC(COC(=O)CCCCCCCCCCCCCCC)OC(=O)CCCCCCCCCCCCC. The molecule has 0 radical (unpaired) electrons. The van der Waals surface area contributed by atoms with Gasteiger partial charge in [-0.1, -0.05) is 288 Å². The lowest BCUT2D eigenvalue weighted by Gasteiger charge is -2.21. The molecule has 5 unspecified atom stereocenters. The van der Waals surface area contributed by atoms with E-state index in [1.165, 1.54) is 128 Å². The fourth-order valence-electron chi connectivity index (χ4n) is 10.4. The maximum absolute atomic E-state index is 13.0. The molecule has 0 aliphatic rings. The molecule has 0 saturated heterocycles. The van der Waals surface area contributed by atoms with Gasteiger partial charge in [-0.2, -0.15) is 0 Å². The van der Waals surface area contributed by atoms with E-state index >= 15 is 0 Å². The Balaban J connectivity index is 5.25. The lowest BCUT2D eigenvalue weighted by atomic mass is 10.0. The number of phosphoric acid groups is 2. The summed E-state index contributed by atoms with van der Waals surface area (Å²) in [6, 6.07) is 0. The topological polar surface area (TPSA) is 237 Å². The molecule has 3 N–H and O–H groups in total. The van der Waals surface area contributed by atoms with Crippen LogP contribution in [0.15, 0.2) is 48.6 Å². The van der Waals surface area contributed by atoms with Crippen LogP contribution in [0.25, 0.3) is 0 Å². The molecule has 0 rings (SSSR count). The van der Waals surface area contributed by atoms with E-state index in [-0.39, 0.29) is 25.7 Å². The molecule has 19 heteroatoms. The summed E-state index contributed by atoms with van der Waals surface area (Å²) in [5, 5.41) is 10.6. The Hall–Kier alpha value is -2.98. The molecule has 0 heterocycles. The van der Waals surface area contributed by atoms with Gasteiger partial charge in [-0.05, 0) is 83.5 Å². The second kappa shape index (κ2) is 68.5. The van der Waals surface area contributed by atoms with Gasteiger partial charge in [-0.15, -0.1) is 0 Å². The lowest BCUT2D eigenvalue weighted by molar-refractivity contribution is -0.161. The summed E-state index contributed by atoms with van der Waals surface area (Å²) in [6.07, 6.45) is 63.9. The third kappa shape index (κ3) is 67.6. The average molecular weight is 1370 g/mol. The van der Waals surface area contributed by atoms with Crippen LogP contribution in [0.1, 0.15) is 349 Å². The van der Waals surface area contributed by atoms with Crippen LogP contribution in [0.4, 0.5) is 0 Å². The predicted octanol–water partition coefficient (Wildman–Crippen LogP) is 21.3. The fourth-order valence-corrected chi connectivity index (χ4v) is 12.0. The number of hydrogen-bond donors (Lipinski definition) is 3. The molecule has 550 valence electrons. The maximum Gasteiger partial charge on any atom is 0.472 e. The van der Waals surface area contributed by atoms with Crippen molar-refractivity contribution in [2.45, 2.75) is 367 Å². The molecule has 0 fully saturated rings. The number of carbonyl (C=O) groups excluding carboxylic acids is 4. The molecule has 0 amide bonds. The zero-order chi connectivity index (χ0) is 69.0. The number of aliphatic hydroxyl groups is 1. The Morgan fingerprint density at radius 2 is 0.532 bits per heavy atom. The van der Waals surface area contributed by atoms with Gasteiger partial charge >= 0.3 is 39.5 Å². The van der Waals surface area contributed by atoms with E-state index in [0.717, 1.165) is 141 Å². The van der Waals surface area contributed by atoms with E-state index in [1.807, 2.05) is 0 Å². The van der Waals surface area contributed by atoms with E-state index in [9.17, 15) is 43.2 Å². The quantitative estimate of drug-likeness (QED) is 0.0169. The van der Waals surface area contributed by atoms with Crippen molar-refractivity contribution in [1.82, 2.24) is 0 Å². The van der Waals surface area contributed by atoms with Crippen molar-refractivity contribution in [2.75, 3.05) is 39.6 Å². The molecule has 94 heavy (non-hydrogen) atoms. The van der Waals surface area contributed by atoms with Gasteiger partial charge in [0.2, 0.25) is 0 Å². The number of aliphatic hydroxyl groups excluding tert-OH is 1. The molecule has 0 aliphatic heterocycles. The van der Waals surface area contributed by atoms with Crippen molar-refractivity contribution in [3.05, 3.63) is 48.6 Å². The van der Waals surface area contributed by atoms with Gasteiger partial charge < -0.3 is 33.8 Å². The summed E-state index contributed by atoms with van der Waals surface area (Å²) in [5.74, 6) is -2.16. The summed E-state index contributed by atoms with van der Waals surface area (Å²) in [4.78, 5) is 72.7. The standard InChI is InChI=1S/C75H138O17P2/c1-5-9-13-17-21-25-29-31-32-33-34-35-36-38-42-44-48-52-56-60-73(78)86-66-71(92-75(80)62-58-54-50-46-40-28-24-20-16-12-8-4)68-90-94(83,84)88-64-69(76)63-87-93(81,82)89-67-70(91-74(79)61-57-53-49-45-39-27-23-19-15-11-7-3)65-85-72(77)59-55-51-47-43-41-37-30-26-22-18-14-10-6-2/h20-21,24-25,31-32,34-35,69-71,76H,5-19,22-23,26-30,33,36-68H2,1-4H3,(H,81,82)(H,83,84)/b24-20-,25-21-,32-31-,35-34-. The van der Waals surface area contributed by atoms with E-state index < -0.39 is 97.5 Å². The highest BCUT2D eigenvalue weighted by atomic mass is 31.2. The number of allylic oxidation sites excluding steroid dienone is 8. The van der Waals surface area contributed by atoms with E-state index in [1.54, 1.807) is 0 Å². The zero-order valence-electron chi connectivity index (χ0n) is 59.9. The van der Waals surface area contributed by atoms with E-state index in [0.29, 0.717) is 25.7 Å². The number of rotatable bonds is 72. The molecule has 0 bridgehead atoms. The first kappa shape index (κ1) is 91.0. The monoisotopic (exact) mass is 1370 g/mol. The lowest BCUT2D eigenvalue weighted by Crippen LogP contribution is -2.30. The molecular weight excluding hydrogens is 1230 g/mol. The highest BCUT2D eigenvalue weighted by molar-refractivity contribution is 7.47. The van der Waals surface area contributed by atoms with Crippen molar-refractivity contribution in [3.8, 4) is 0 Å². The minimum Gasteiger partial charge on any atom is -0.462 e. The highest BCUT2D eigenvalue weighted by Crippen LogP contribution is 2.45. The van der Waals surface area contributed by atoms with Gasteiger partial charge in [-0.3, -0.25) is 37.3 Å². The fraction of sp³-hybridized carbons (Fsp3) is 0.840. The van der Waals surface area contributed by atoms with Gasteiger partial charge in [0, 0.05) is 25.7 Å². The zero-order valence-corrected chi connectivity index (χ0v) is 61.7. The van der Waals surface area contributed by atoms with Crippen molar-refractivity contribution < 1.29 is 80.2 Å². The van der Waals surface area contributed by atoms with Crippen LogP contribution in [0, 0.1) is 0 Å². The number of ether oxygens (including phenoxy) is 4. The summed E-state index contributed by atoms with van der Waals surface area (Å²) in [5.41, 5.74) is 0. The predicted molar refractivity (Wildman–Crippen MR) is 381 cm³/mol. The van der Waals surface area contributed by atoms with Crippen molar-refractivity contribution >= 4 is 39.5 Å². The van der Waals surface area contributed by atoms with Crippen molar-refractivity contribution in [2.24, 2.45) is 0 Å². The molecule has 0 saturated carbocycles. The summed E-state index contributed by atoms with van der Waals surface area (Å²) < 4.78 is 68.3. The van der Waals surface area contributed by atoms with Crippen LogP contribution in [0.5, 0.6) is 0 Å². The Kier molecular flexibility index (Phi) is 66.4. The maximum atomic E-state index is 13.0. The van der Waals surface area contributed by atoms with Crippen LogP contribution >= 0.6 is 15.6 Å². The van der Waals surface area contributed by atoms with Crippen molar-refractivity contribution in [1.29, 1.82) is 0 Å². The molecule has 0 spiro atoms. The largest absolute Gasteiger partial charge is 0.472 e. The van der Waals surface area contributed by atoms with Crippen LogP contribution in [-0.2, 0) is 65.4 Å². The number of carbonyl (C=O) groups is 4. The third-order valence-electron chi connectivity index (χ3n) is 16.3. The molecule has 5 atom stereocenters. The number of esters is 4. The smallest absolute Gasteiger partial charge is 0.462 e. The van der Waals surface area contributed by atoms with Crippen LogP contribution < -0.4 is 0 Å². The number of hydrogen-bond acceptors (Lipinski definition) is 15. The number of unbranched alkanes of at least 4 members (excludes halogenated alkanes) is 38. The van der Waals surface area contributed by atoms with Gasteiger partial charge in [0.05, 0.1) is 26.4 Å². The van der Waals surface area contributed by atoms with E-state index in [4.69, 9.17) is 37.0 Å². The third-order valence-corrected chi connectivity index (χ3v) is 18.2. The van der Waals surface area contributed by atoms with Gasteiger partial charge in [0.1, 0.15) is 19.3 Å². The first-order chi connectivity index (χ1) is 45.7. The van der Waals surface area contributed by atoms with E-state index in [2.05, 4.69) is 76.3 Å². The normalized spacial score (nSPS) is 14.2. The van der Waals surface area contributed by atoms with Gasteiger partial charge in [0.25, 0.3) is 0 Å². The molecule has 0 aromatic carbocycles. The Morgan fingerprint density at radius 1 is 0.298 bits per heavy atom. The second-order valence-electron chi connectivity index (χ2n) is 25.6. The first-order valence-corrected chi connectivity index (χ1v) is 40.9. The minimum atomic E-state index is -4.97. The summed E-state index contributed by atoms with van der Waals surface area (Å²) >= 11 is 0. The van der Waals surface area contributed by atoms with Gasteiger partial charge in [0.15, 0.2) is 12.2 Å². The first-order valence-electron chi connectivity index (χ1n) is 37.9. The van der Waals surface area contributed by atoms with Crippen molar-refractivity contribution in [3.63, 3.8) is 0 Å². The number of phosphoric ester groups is 2. The molecular formula is C75H138O17P2. The summed E-state index contributed by atoms with van der Waals surface area (Å²) in [6.45, 7) is 4.83.